The van der Waals surface area contributed by atoms with Crippen LogP contribution in [0.3, 0.4) is 0 Å². The first kappa shape index (κ1) is 24.7. The Balaban J connectivity index is 1.81. The van der Waals surface area contributed by atoms with Crippen molar-refractivity contribution in [2.24, 2.45) is 17.8 Å². The van der Waals surface area contributed by atoms with Crippen molar-refractivity contribution >= 4 is 30.7 Å². The van der Waals surface area contributed by atoms with E-state index in [2.05, 4.69) is 52.1 Å². The average molecular weight is 663 g/mol. The van der Waals surface area contributed by atoms with Gasteiger partial charge in [-0.1, -0.05) is 0 Å². The minimum absolute atomic E-state index is 0.487. The number of hydrogen-bond donors (Lipinski definition) is 0. The number of halogens is 2. The van der Waals surface area contributed by atoms with Gasteiger partial charge in [-0.3, -0.25) is 0 Å². The standard InChI is InChI=1S/C29H37Si.2ClH.Hf/c1-18(2)26-25(30(4)5)16-10-11-20-17-19(3)27(28(20)26)29-23-14-8-6-12-21(23)22-13-7-9-15-24(22)29;;;/h10-11,16,18,26,29H,6-9,12-15H2,1-5H3;2*1H;/q;;;+2/p-2. The Bertz CT molecular complexity index is 1070. The van der Waals surface area contributed by atoms with E-state index >= 15 is 0 Å². The van der Waals surface area contributed by atoms with E-state index in [-0.39, 0.29) is 0 Å². The van der Waals surface area contributed by atoms with Crippen LogP contribution in [-0.2, 0) is 19.1 Å². The fraction of sp³-hybridized carbons (Fsp3) is 0.552. The monoisotopic (exact) mass is 663 g/mol. The van der Waals surface area contributed by atoms with Gasteiger partial charge < -0.3 is 0 Å². The molecule has 0 heterocycles. The van der Waals surface area contributed by atoms with Crippen LogP contribution in [0.2, 0.25) is 13.1 Å². The van der Waals surface area contributed by atoms with Crippen LogP contribution in [0, 0.1) is 17.8 Å². The molecule has 33 heavy (non-hydrogen) atoms. The molecule has 0 radical (unpaired) electrons. The minimum atomic E-state index is -2.82. The second-order valence-corrected chi connectivity index (χ2v) is 25.1. The van der Waals surface area contributed by atoms with Crippen molar-refractivity contribution in [1.29, 1.82) is 0 Å². The summed E-state index contributed by atoms with van der Waals surface area (Å²) in [4.78, 5) is 0. The maximum atomic E-state index is 6.93. The zero-order valence-corrected chi connectivity index (χ0v) is 27.0. The first-order chi connectivity index (χ1) is 15.8. The molecule has 0 aromatic carbocycles. The van der Waals surface area contributed by atoms with Crippen LogP contribution >= 0.6 is 17.2 Å². The molecule has 5 aliphatic rings. The van der Waals surface area contributed by atoms with Crippen LogP contribution in [0.25, 0.3) is 0 Å². The Hall–Kier alpha value is -0.0230. The molecule has 0 aromatic rings. The molecule has 5 aliphatic carbocycles. The summed E-state index contributed by atoms with van der Waals surface area (Å²) in [6.45, 7) is 12.2. The van der Waals surface area contributed by atoms with Crippen LogP contribution < -0.4 is 0 Å². The van der Waals surface area contributed by atoms with Crippen LogP contribution in [-0.4, -0.2) is 13.6 Å². The molecule has 0 saturated heterocycles. The fourth-order valence-corrected chi connectivity index (χ4v) is 15.9. The molecule has 0 aliphatic heterocycles. The van der Waals surface area contributed by atoms with E-state index in [1.165, 1.54) is 65.8 Å². The van der Waals surface area contributed by atoms with E-state index in [1.54, 1.807) is 38.6 Å². The van der Waals surface area contributed by atoms with Crippen LogP contribution in [0.1, 0.15) is 72.1 Å². The second kappa shape index (κ2) is 9.79. The third-order valence-electron chi connectivity index (χ3n) is 8.62. The normalized spacial score (nSPS) is 25.6. The van der Waals surface area contributed by atoms with E-state index < -0.39 is 27.5 Å². The number of fused-ring (bicyclic) bond motifs is 2. The quantitative estimate of drug-likeness (QED) is 0.265. The van der Waals surface area contributed by atoms with Crippen molar-refractivity contribution in [3.8, 4) is 0 Å². The first-order valence-corrected chi connectivity index (χ1v) is 26.2. The Morgan fingerprint density at radius 3 is 2.00 bits per heavy atom. The summed E-state index contributed by atoms with van der Waals surface area (Å²) in [7, 11) is 13.3. The van der Waals surface area contributed by atoms with Crippen molar-refractivity contribution in [3.05, 3.63) is 66.1 Å². The molecule has 5 rings (SSSR count). The van der Waals surface area contributed by atoms with Crippen LogP contribution in [0.15, 0.2) is 66.1 Å². The summed E-state index contributed by atoms with van der Waals surface area (Å²) in [6.07, 6.45) is 17.8. The van der Waals surface area contributed by atoms with Gasteiger partial charge in [0, 0.05) is 0 Å². The van der Waals surface area contributed by atoms with Gasteiger partial charge in [-0.15, -0.1) is 0 Å². The zero-order valence-electron chi connectivity index (χ0n) is 20.9. The van der Waals surface area contributed by atoms with Gasteiger partial charge in [-0.25, -0.2) is 0 Å². The van der Waals surface area contributed by atoms with E-state index in [1.807, 2.05) is 0 Å². The molecule has 4 heteroatoms. The molecular formula is C29H37Cl2HfSi. The summed E-state index contributed by atoms with van der Waals surface area (Å²) in [5, 5.41) is 1.67. The number of allylic oxidation sites excluding steroid dienone is 12. The third kappa shape index (κ3) is 4.07. The molecule has 1 unspecified atom stereocenters. The van der Waals surface area contributed by atoms with Gasteiger partial charge in [0.15, 0.2) is 0 Å². The Morgan fingerprint density at radius 2 is 1.48 bits per heavy atom. The zero-order chi connectivity index (χ0) is 23.4. The van der Waals surface area contributed by atoms with Gasteiger partial charge in [0.25, 0.3) is 0 Å². The predicted molar refractivity (Wildman–Crippen MR) is 144 cm³/mol. The Morgan fingerprint density at radius 1 is 0.909 bits per heavy atom. The van der Waals surface area contributed by atoms with E-state index in [0.717, 1.165) is 0 Å². The van der Waals surface area contributed by atoms with Gasteiger partial charge in [0.05, 0.1) is 0 Å². The average Bonchev–Trinajstić information content (AvgIpc) is 3.15. The molecule has 0 fully saturated rings. The number of hydrogen-bond acceptors (Lipinski definition) is 0. The Kier molecular flexibility index (Phi) is 7.32. The molecule has 0 amide bonds. The van der Waals surface area contributed by atoms with Gasteiger partial charge in [0.2, 0.25) is 0 Å². The molecule has 0 N–H and O–H groups in total. The topological polar surface area (TPSA) is 0 Å². The summed E-state index contributed by atoms with van der Waals surface area (Å²) in [6, 6.07) is 0. The second-order valence-electron chi connectivity index (χ2n) is 11.1. The summed E-state index contributed by atoms with van der Waals surface area (Å²) < 4.78 is 1.38. The molecule has 0 spiro atoms. The maximum absolute atomic E-state index is 6.93. The Labute approximate surface area is 217 Å². The first-order valence-electron chi connectivity index (χ1n) is 13.0. The molecule has 0 bridgehead atoms. The van der Waals surface area contributed by atoms with Crippen LogP contribution in [0.5, 0.6) is 0 Å². The van der Waals surface area contributed by atoms with Crippen molar-refractivity contribution in [1.82, 2.24) is 0 Å². The molecule has 175 valence electrons. The van der Waals surface area contributed by atoms with Gasteiger partial charge in [0.1, 0.15) is 0 Å². The van der Waals surface area contributed by atoms with E-state index in [9.17, 15) is 0 Å². The summed E-state index contributed by atoms with van der Waals surface area (Å²) in [5.41, 5.74) is 13.3. The van der Waals surface area contributed by atoms with Crippen LogP contribution in [0.4, 0.5) is 0 Å². The van der Waals surface area contributed by atoms with Crippen molar-refractivity contribution in [3.63, 3.8) is 0 Å². The molecule has 0 saturated carbocycles. The molecule has 0 nitrogen and oxygen atoms in total. The van der Waals surface area contributed by atoms with Crippen molar-refractivity contribution < 1.29 is 19.1 Å². The van der Waals surface area contributed by atoms with E-state index in [0.29, 0.717) is 17.8 Å². The van der Waals surface area contributed by atoms with Gasteiger partial charge in [-0.05, 0) is 0 Å². The third-order valence-corrected chi connectivity index (χ3v) is 17.0. The predicted octanol–water partition coefficient (Wildman–Crippen LogP) is 9.14. The van der Waals surface area contributed by atoms with E-state index in [4.69, 9.17) is 17.2 Å². The summed E-state index contributed by atoms with van der Waals surface area (Å²) >= 11 is -2.82. The molecular weight excluding hydrogens is 626 g/mol. The number of rotatable bonds is 3. The molecule has 0 aromatic heterocycles. The van der Waals surface area contributed by atoms with Crippen molar-refractivity contribution in [2.75, 3.05) is 0 Å². The van der Waals surface area contributed by atoms with Gasteiger partial charge in [-0.2, -0.15) is 0 Å². The fourth-order valence-electron chi connectivity index (χ4n) is 7.36. The van der Waals surface area contributed by atoms with Gasteiger partial charge >= 0.3 is 219 Å². The van der Waals surface area contributed by atoms with Crippen molar-refractivity contribution in [2.45, 2.75) is 85.2 Å². The summed E-state index contributed by atoms with van der Waals surface area (Å²) in [5.74, 6) is 1.57. The SMILES string of the molecule is CC1=[C]([Hf]([Cl])[Cl])C2=CC=CC(=[Si](C)C)C(C(C)C)C2=C1C1C2=C(CCCC2)C2=C1CCCC2. The molecule has 1 atom stereocenters.